The van der Waals surface area contributed by atoms with Gasteiger partial charge in [-0.05, 0) is 25.0 Å². The average molecular weight is 253 g/mol. The minimum Gasteiger partial charge on any atom is -0.481 e. The Labute approximate surface area is 106 Å². The van der Waals surface area contributed by atoms with Crippen LogP contribution in [-0.2, 0) is 16.1 Å². The van der Waals surface area contributed by atoms with Crippen LogP contribution in [0.2, 0.25) is 0 Å². The van der Waals surface area contributed by atoms with Gasteiger partial charge in [0.1, 0.15) is 5.76 Å². The van der Waals surface area contributed by atoms with Crippen LogP contribution in [0.25, 0.3) is 0 Å². The molecule has 1 aliphatic heterocycles. The second-order valence-electron chi connectivity index (χ2n) is 4.57. The fraction of sp³-hybridized carbons (Fsp3) is 0.615. The van der Waals surface area contributed by atoms with Gasteiger partial charge in [0.2, 0.25) is 0 Å². The van der Waals surface area contributed by atoms with Crippen LogP contribution < -0.4 is 0 Å². The van der Waals surface area contributed by atoms with Crippen molar-refractivity contribution in [2.75, 3.05) is 19.7 Å². The molecule has 0 bridgehead atoms. The van der Waals surface area contributed by atoms with Crippen LogP contribution in [0, 0.1) is 0 Å². The molecule has 2 heterocycles. The third-order valence-electron chi connectivity index (χ3n) is 3.16. The van der Waals surface area contributed by atoms with E-state index < -0.39 is 5.97 Å². The first-order chi connectivity index (χ1) is 8.74. The van der Waals surface area contributed by atoms with E-state index in [4.69, 9.17) is 14.3 Å². The van der Waals surface area contributed by atoms with Crippen LogP contribution >= 0.6 is 0 Å². The zero-order chi connectivity index (χ0) is 12.8. The van der Waals surface area contributed by atoms with E-state index in [0.29, 0.717) is 6.61 Å². The van der Waals surface area contributed by atoms with Crippen molar-refractivity contribution in [1.82, 2.24) is 4.90 Å². The molecule has 0 aliphatic carbocycles. The van der Waals surface area contributed by atoms with Gasteiger partial charge in [-0.1, -0.05) is 0 Å². The van der Waals surface area contributed by atoms with Crippen molar-refractivity contribution in [2.24, 2.45) is 0 Å². The lowest BCUT2D eigenvalue weighted by molar-refractivity contribution is -0.138. The Bertz CT molecular complexity index is 355. The van der Waals surface area contributed by atoms with E-state index in [2.05, 4.69) is 4.90 Å². The molecule has 5 nitrogen and oxygen atoms in total. The van der Waals surface area contributed by atoms with Gasteiger partial charge in [0.25, 0.3) is 0 Å². The normalized spacial score (nSPS) is 18.0. The van der Waals surface area contributed by atoms with Crippen LogP contribution in [0.3, 0.4) is 0 Å². The molecule has 2 rings (SSSR count). The zero-order valence-corrected chi connectivity index (χ0v) is 10.4. The smallest absolute Gasteiger partial charge is 0.305 e. The maximum Gasteiger partial charge on any atom is 0.305 e. The Morgan fingerprint density at radius 3 is 2.89 bits per heavy atom. The number of carboxylic acid groups (broad SMARTS) is 1. The summed E-state index contributed by atoms with van der Waals surface area (Å²) in [6.45, 7) is 3.10. The summed E-state index contributed by atoms with van der Waals surface area (Å²) in [5.41, 5.74) is 0. The Morgan fingerprint density at radius 1 is 1.50 bits per heavy atom. The van der Waals surface area contributed by atoms with Crippen molar-refractivity contribution >= 4 is 5.97 Å². The van der Waals surface area contributed by atoms with E-state index in [9.17, 15) is 4.79 Å². The first kappa shape index (κ1) is 13.1. The maximum absolute atomic E-state index is 10.4. The molecule has 0 radical (unpaired) electrons. The molecular formula is C13H19NO4. The molecule has 0 amide bonds. The van der Waals surface area contributed by atoms with Gasteiger partial charge in [-0.3, -0.25) is 9.69 Å². The number of carboxylic acids is 1. The van der Waals surface area contributed by atoms with Crippen LogP contribution in [0.4, 0.5) is 0 Å². The maximum atomic E-state index is 10.4. The third kappa shape index (κ3) is 4.16. The second kappa shape index (κ2) is 6.56. The largest absolute Gasteiger partial charge is 0.481 e. The number of carbonyl (C=O) groups is 1. The van der Waals surface area contributed by atoms with Gasteiger partial charge in [-0.15, -0.1) is 0 Å². The Hall–Kier alpha value is -1.33. The predicted octanol–water partition coefficient (Wildman–Crippen LogP) is 1.74. The summed E-state index contributed by atoms with van der Waals surface area (Å²) in [5.74, 6) is 0.186. The number of likely N-dealkylation sites (tertiary alicyclic amines) is 1. The van der Waals surface area contributed by atoms with Crippen LogP contribution in [0.1, 0.15) is 25.0 Å². The molecule has 1 fully saturated rings. The summed E-state index contributed by atoms with van der Waals surface area (Å²) in [6.07, 6.45) is 3.90. The van der Waals surface area contributed by atoms with Gasteiger partial charge in [0.05, 0.1) is 31.9 Å². The molecule has 0 saturated carbocycles. The molecule has 1 aromatic rings. The minimum absolute atomic E-state index is 0.0899. The summed E-state index contributed by atoms with van der Waals surface area (Å²) in [5, 5.41) is 8.53. The standard InChI is InChI=1S/C13H19NO4/c15-13(16)5-9-18-11-3-6-14(7-4-11)10-12-2-1-8-17-12/h1-2,8,11H,3-7,9-10H2,(H,15,16). The molecule has 1 aromatic heterocycles. The first-order valence-electron chi connectivity index (χ1n) is 6.32. The summed E-state index contributed by atoms with van der Waals surface area (Å²) in [7, 11) is 0. The van der Waals surface area contributed by atoms with E-state index >= 15 is 0 Å². The van der Waals surface area contributed by atoms with E-state index in [-0.39, 0.29) is 12.5 Å². The number of hydrogen-bond acceptors (Lipinski definition) is 4. The SMILES string of the molecule is O=C(O)CCOC1CCN(Cc2ccco2)CC1. The highest BCUT2D eigenvalue weighted by Gasteiger charge is 2.20. The Morgan fingerprint density at radius 2 is 2.28 bits per heavy atom. The van der Waals surface area contributed by atoms with Gasteiger partial charge in [-0.2, -0.15) is 0 Å². The van der Waals surface area contributed by atoms with Gasteiger partial charge in [-0.25, -0.2) is 0 Å². The fourth-order valence-corrected chi connectivity index (χ4v) is 2.17. The van der Waals surface area contributed by atoms with Gasteiger partial charge < -0.3 is 14.3 Å². The molecule has 1 saturated heterocycles. The van der Waals surface area contributed by atoms with Gasteiger partial charge in [0, 0.05) is 13.1 Å². The summed E-state index contributed by atoms with van der Waals surface area (Å²) in [4.78, 5) is 12.7. The third-order valence-corrected chi connectivity index (χ3v) is 3.16. The summed E-state index contributed by atoms with van der Waals surface area (Å²) < 4.78 is 10.9. The van der Waals surface area contributed by atoms with E-state index in [1.54, 1.807) is 6.26 Å². The van der Waals surface area contributed by atoms with Crippen molar-refractivity contribution in [2.45, 2.75) is 31.9 Å². The highest BCUT2D eigenvalue weighted by atomic mass is 16.5. The molecule has 1 N–H and O–H groups in total. The number of furan rings is 1. The predicted molar refractivity (Wildman–Crippen MR) is 65.2 cm³/mol. The molecule has 5 heteroatoms. The number of hydrogen-bond donors (Lipinski definition) is 1. The minimum atomic E-state index is -0.801. The van der Waals surface area contributed by atoms with Crippen LogP contribution in [-0.4, -0.2) is 41.8 Å². The second-order valence-corrected chi connectivity index (χ2v) is 4.57. The van der Waals surface area contributed by atoms with Crippen molar-refractivity contribution in [3.8, 4) is 0 Å². The van der Waals surface area contributed by atoms with Crippen molar-refractivity contribution in [1.29, 1.82) is 0 Å². The lowest BCUT2D eigenvalue weighted by atomic mass is 10.1. The van der Waals surface area contributed by atoms with Crippen molar-refractivity contribution in [3.05, 3.63) is 24.2 Å². The monoisotopic (exact) mass is 253 g/mol. The van der Waals surface area contributed by atoms with Crippen LogP contribution in [0.15, 0.2) is 22.8 Å². The van der Waals surface area contributed by atoms with Crippen molar-refractivity contribution < 1.29 is 19.1 Å². The number of ether oxygens (including phenoxy) is 1. The van der Waals surface area contributed by atoms with E-state index in [0.717, 1.165) is 38.2 Å². The molecule has 0 spiro atoms. The van der Waals surface area contributed by atoms with E-state index in [1.165, 1.54) is 0 Å². The Kier molecular flexibility index (Phi) is 4.78. The summed E-state index contributed by atoms with van der Waals surface area (Å²) in [6, 6.07) is 3.88. The highest BCUT2D eigenvalue weighted by molar-refractivity contribution is 5.66. The lowest BCUT2D eigenvalue weighted by Gasteiger charge is -2.31. The molecule has 18 heavy (non-hydrogen) atoms. The average Bonchev–Trinajstić information content (AvgIpc) is 2.84. The number of aliphatic carboxylic acids is 1. The summed E-state index contributed by atoms with van der Waals surface area (Å²) >= 11 is 0. The molecule has 0 unspecified atom stereocenters. The molecule has 0 atom stereocenters. The first-order valence-corrected chi connectivity index (χ1v) is 6.32. The highest BCUT2D eigenvalue weighted by Crippen LogP contribution is 2.16. The molecular weight excluding hydrogens is 234 g/mol. The van der Waals surface area contributed by atoms with E-state index in [1.807, 2.05) is 12.1 Å². The Balaban J connectivity index is 1.63. The quantitative estimate of drug-likeness (QED) is 0.836. The molecule has 100 valence electrons. The molecule has 1 aliphatic rings. The van der Waals surface area contributed by atoms with Gasteiger partial charge in [0.15, 0.2) is 0 Å². The fourth-order valence-electron chi connectivity index (χ4n) is 2.17. The molecule has 0 aromatic carbocycles. The topological polar surface area (TPSA) is 62.9 Å². The number of rotatable bonds is 6. The van der Waals surface area contributed by atoms with Crippen molar-refractivity contribution in [3.63, 3.8) is 0 Å². The van der Waals surface area contributed by atoms with Crippen LogP contribution in [0.5, 0.6) is 0 Å². The number of piperidine rings is 1. The zero-order valence-electron chi connectivity index (χ0n) is 10.4. The number of nitrogens with zero attached hydrogens (tertiary/aromatic N) is 1. The van der Waals surface area contributed by atoms with Gasteiger partial charge >= 0.3 is 5.97 Å². The lowest BCUT2D eigenvalue weighted by Crippen LogP contribution is -2.36.